The van der Waals surface area contributed by atoms with Crippen LogP contribution in [0.3, 0.4) is 0 Å². The van der Waals surface area contributed by atoms with Gasteiger partial charge in [0.25, 0.3) is 0 Å². The molecule has 1 unspecified atom stereocenters. The summed E-state index contributed by atoms with van der Waals surface area (Å²) in [6, 6.07) is 10.2. The third kappa shape index (κ3) is 9.35. The molecule has 0 spiro atoms. The predicted octanol–water partition coefficient (Wildman–Crippen LogP) is 5.24. The Hall–Kier alpha value is -1.22. The van der Waals surface area contributed by atoms with Gasteiger partial charge in [0.05, 0.1) is 0 Å². The highest BCUT2D eigenvalue weighted by atomic mass is 32.2. The Kier molecular flexibility index (Phi) is 8.91. The molecule has 0 heterocycles. The van der Waals surface area contributed by atoms with Crippen LogP contribution in [0, 0.1) is 0 Å². The van der Waals surface area contributed by atoms with Crippen LogP contribution in [0.2, 0.25) is 0 Å². The fraction of sp³-hybridized carbons (Fsp3) is 0.500. The fourth-order valence-electron chi connectivity index (χ4n) is 2.02. The van der Waals surface area contributed by atoms with Crippen molar-refractivity contribution in [1.82, 2.24) is 0 Å². The van der Waals surface area contributed by atoms with E-state index in [1.165, 1.54) is 17.4 Å². The zero-order valence-electron chi connectivity index (χ0n) is 13.3. The molecule has 0 aliphatic rings. The van der Waals surface area contributed by atoms with Gasteiger partial charge in [0.1, 0.15) is 6.10 Å². The van der Waals surface area contributed by atoms with Gasteiger partial charge in [0.2, 0.25) is 0 Å². The second kappa shape index (κ2) is 10.5. The summed E-state index contributed by atoms with van der Waals surface area (Å²) in [5.74, 6) is 0.643. The van der Waals surface area contributed by atoms with Gasteiger partial charge in [-0.1, -0.05) is 29.8 Å². The molecule has 0 radical (unpaired) electrons. The lowest BCUT2D eigenvalue weighted by Gasteiger charge is -2.16. The Bertz CT molecular complexity index is 436. The van der Waals surface area contributed by atoms with Crippen molar-refractivity contribution in [2.75, 3.05) is 5.75 Å². The zero-order valence-corrected chi connectivity index (χ0v) is 14.1. The molecule has 0 bridgehead atoms. The van der Waals surface area contributed by atoms with Crippen LogP contribution in [0.25, 0.3) is 0 Å². The highest BCUT2D eigenvalue weighted by Gasteiger charge is 2.12. The zero-order chi connectivity index (χ0) is 15.5. The minimum absolute atomic E-state index is 0.0133. The minimum Gasteiger partial charge on any atom is -0.462 e. The summed E-state index contributed by atoms with van der Waals surface area (Å²) in [6.45, 7) is 5.74. The van der Waals surface area contributed by atoms with Crippen LogP contribution in [0.5, 0.6) is 0 Å². The highest BCUT2D eigenvalue weighted by Crippen LogP contribution is 2.21. The van der Waals surface area contributed by atoms with Crippen molar-refractivity contribution in [2.24, 2.45) is 0 Å². The molecule has 0 N–H and O–H groups in total. The van der Waals surface area contributed by atoms with Crippen molar-refractivity contribution in [3.05, 3.63) is 42.0 Å². The average Bonchev–Trinajstić information content (AvgIpc) is 2.44. The van der Waals surface area contributed by atoms with Gasteiger partial charge in [-0.25, -0.2) is 0 Å². The van der Waals surface area contributed by atoms with Gasteiger partial charge >= 0.3 is 5.97 Å². The van der Waals surface area contributed by atoms with Crippen molar-refractivity contribution in [2.45, 2.75) is 57.5 Å². The molecule has 0 saturated heterocycles. The number of carbonyl (C=O) groups excluding carboxylic acids is 1. The number of hydrogen-bond acceptors (Lipinski definition) is 3. The number of ether oxygens (including phenoxy) is 1. The van der Waals surface area contributed by atoms with E-state index in [2.05, 4.69) is 32.1 Å². The number of rotatable bonds is 9. The summed E-state index contributed by atoms with van der Waals surface area (Å²) in [6.07, 6.45) is 6.58. The van der Waals surface area contributed by atoms with Crippen molar-refractivity contribution >= 4 is 17.7 Å². The maximum Gasteiger partial charge on any atom is 0.302 e. The van der Waals surface area contributed by atoms with Crippen molar-refractivity contribution in [3.63, 3.8) is 0 Å². The van der Waals surface area contributed by atoms with Gasteiger partial charge in [-0.2, -0.15) is 0 Å². The molecule has 1 aromatic carbocycles. The molecule has 0 saturated carbocycles. The first-order valence-corrected chi connectivity index (χ1v) is 8.55. The number of unbranched alkanes of at least 4 members (excludes halogenated alkanes) is 2. The molecule has 116 valence electrons. The lowest BCUT2D eigenvalue weighted by molar-refractivity contribution is -0.145. The van der Waals surface area contributed by atoms with Crippen molar-refractivity contribution in [3.8, 4) is 0 Å². The molecule has 0 aliphatic heterocycles. The summed E-state index contributed by atoms with van der Waals surface area (Å²) in [7, 11) is 0. The third-order valence-electron chi connectivity index (χ3n) is 3.04. The van der Waals surface area contributed by atoms with E-state index >= 15 is 0 Å². The predicted molar refractivity (Wildman–Crippen MR) is 90.6 cm³/mol. The maximum absolute atomic E-state index is 11.2. The van der Waals surface area contributed by atoms with Gasteiger partial charge < -0.3 is 4.74 Å². The maximum atomic E-state index is 11.2. The van der Waals surface area contributed by atoms with Crippen LogP contribution < -0.4 is 0 Å². The minimum atomic E-state index is -0.182. The Labute approximate surface area is 133 Å². The second-order valence-corrected chi connectivity index (χ2v) is 6.51. The summed E-state index contributed by atoms with van der Waals surface area (Å²) in [4.78, 5) is 12.4. The van der Waals surface area contributed by atoms with Crippen LogP contribution in [0.1, 0.15) is 46.5 Å². The van der Waals surface area contributed by atoms with E-state index in [-0.39, 0.29) is 12.1 Å². The quantitative estimate of drug-likeness (QED) is 0.270. The van der Waals surface area contributed by atoms with Gasteiger partial charge in [0, 0.05) is 17.6 Å². The molecule has 1 rings (SSSR count). The third-order valence-corrected chi connectivity index (χ3v) is 4.19. The number of benzene rings is 1. The normalized spacial score (nSPS) is 11.8. The van der Waals surface area contributed by atoms with Crippen LogP contribution in [0.4, 0.5) is 0 Å². The first kappa shape index (κ1) is 17.8. The summed E-state index contributed by atoms with van der Waals surface area (Å²) < 4.78 is 5.42. The number of esters is 1. The fourth-order valence-corrected chi connectivity index (χ4v) is 2.99. The largest absolute Gasteiger partial charge is 0.462 e. The smallest absolute Gasteiger partial charge is 0.302 e. The first-order valence-electron chi connectivity index (χ1n) is 7.56. The Morgan fingerprint density at radius 3 is 2.52 bits per heavy atom. The van der Waals surface area contributed by atoms with Gasteiger partial charge in [-0.15, -0.1) is 11.8 Å². The van der Waals surface area contributed by atoms with Gasteiger partial charge in [0.15, 0.2) is 0 Å². The van der Waals surface area contributed by atoms with Gasteiger partial charge in [-0.05, 0) is 51.7 Å². The van der Waals surface area contributed by atoms with Crippen LogP contribution in [0.15, 0.2) is 46.9 Å². The number of carbonyl (C=O) groups is 1. The molecule has 21 heavy (non-hydrogen) atoms. The van der Waals surface area contributed by atoms with E-state index in [0.717, 1.165) is 31.4 Å². The number of hydrogen-bond donors (Lipinski definition) is 0. The topological polar surface area (TPSA) is 26.3 Å². The molecule has 0 aromatic heterocycles. The van der Waals surface area contributed by atoms with E-state index in [0.29, 0.717) is 0 Å². The highest BCUT2D eigenvalue weighted by molar-refractivity contribution is 7.99. The lowest BCUT2D eigenvalue weighted by atomic mass is 10.1. The molecule has 0 aliphatic carbocycles. The van der Waals surface area contributed by atoms with E-state index < -0.39 is 0 Å². The summed E-state index contributed by atoms with van der Waals surface area (Å²) in [5, 5.41) is 0. The van der Waals surface area contributed by atoms with Crippen molar-refractivity contribution < 1.29 is 9.53 Å². The molecular weight excluding hydrogens is 280 g/mol. The molecule has 3 heteroatoms. The molecule has 0 fully saturated rings. The van der Waals surface area contributed by atoms with E-state index in [1.54, 1.807) is 11.8 Å². The first-order chi connectivity index (χ1) is 10.1. The number of allylic oxidation sites excluding steroid dienone is 2. The van der Waals surface area contributed by atoms with E-state index in [1.807, 2.05) is 18.2 Å². The molecule has 0 amide bonds. The number of thioether (sulfide) groups is 1. The molecular formula is C18H26O2S. The summed E-state index contributed by atoms with van der Waals surface area (Å²) >= 11 is 1.75. The monoisotopic (exact) mass is 306 g/mol. The second-order valence-electron chi connectivity index (χ2n) is 5.42. The van der Waals surface area contributed by atoms with Crippen LogP contribution >= 0.6 is 11.8 Å². The van der Waals surface area contributed by atoms with E-state index in [4.69, 9.17) is 4.74 Å². The van der Waals surface area contributed by atoms with Gasteiger partial charge in [-0.3, -0.25) is 4.79 Å². The Morgan fingerprint density at radius 2 is 1.90 bits per heavy atom. The van der Waals surface area contributed by atoms with Crippen LogP contribution in [-0.4, -0.2) is 17.8 Å². The lowest BCUT2D eigenvalue weighted by Crippen LogP contribution is -2.19. The summed E-state index contributed by atoms with van der Waals surface area (Å²) in [5.41, 5.74) is 1.37. The SMILES string of the molecule is CC(=O)OC(CCCCC=C(C)C)CSc1ccccc1. The van der Waals surface area contributed by atoms with Crippen LogP contribution in [-0.2, 0) is 9.53 Å². The molecule has 1 atom stereocenters. The van der Waals surface area contributed by atoms with Crippen molar-refractivity contribution in [1.29, 1.82) is 0 Å². The molecule has 1 aromatic rings. The Morgan fingerprint density at radius 1 is 1.19 bits per heavy atom. The molecule has 2 nitrogen and oxygen atoms in total. The average molecular weight is 306 g/mol. The Balaban J connectivity index is 2.33. The standard InChI is InChI=1S/C18H26O2S/c1-15(2)10-6-4-7-11-17(20-16(3)19)14-21-18-12-8-5-9-13-18/h5,8-10,12-13,17H,4,6-7,11,14H2,1-3H3. The van der Waals surface area contributed by atoms with E-state index in [9.17, 15) is 4.79 Å².